The second-order valence-electron chi connectivity index (χ2n) is 9.19. The number of imidazole rings is 1. The van der Waals surface area contributed by atoms with Crippen molar-refractivity contribution in [2.75, 3.05) is 5.32 Å². The number of anilines is 2. The summed E-state index contributed by atoms with van der Waals surface area (Å²) in [4.78, 5) is 4.83. The fourth-order valence-corrected chi connectivity index (χ4v) is 4.65. The maximum absolute atomic E-state index is 4.83. The van der Waals surface area contributed by atoms with Crippen LogP contribution in [0.25, 0.3) is 21.8 Å². The second-order valence-corrected chi connectivity index (χ2v) is 9.19. The van der Waals surface area contributed by atoms with E-state index in [9.17, 15) is 0 Å². The molecule has 0 bridgehead atoms. The van der Waals surface area contributed by atoms with E-state index in [4.69, 9.17) is 15.2 Å². The predicted octanol–water partition coefficient (Wildman–Crippen LogP) is 9.71. The summed E-state index contributed by atoms with van der Waals surface area (Å²) in [5, 5.41) is 15.2. The molecule has 5 aromatic rings. The van der Waals surface area contributed by atoms with Gasteiger partial charge in [0.2, 0.25) is 5.95 Å². The van der Waals surface area contributed by atoms with Gasteiger partial charge in [-0.05, 0) is 42.1 Å². The van der Waals surface area contributed by atoms with Crippen LogP contribution in [0, 0.1) is 0 Å². The first-order chi connectivity index (χ1) is 17.8. The highest BCUT2D eigenvalue weighted by molar-refractivity contribution is 5.99. The number of fused-ring (bicyclic) bond motifs is 2. The number of aryl methyl sites for hydroxylation is 1. The molecule has 0 unspecified atom stereocenters. The van der Waals surface area contributed by atoms with E-state index in [2.05, 4.69) is 65.3 Å². The zero-order chi connectivity index (χ0) is 24.6. The van der Waals surface area contributed by atoms with Gasteiger partial charge in [-0.2, -0.15) is 0 Å². The number of rotatable bonds is 11. The van der Waals surface area contributed by atoms with Gasteiger partial charge in [0.15, 0.2) is 0 Å². The van der Waals surface area contributed by atoms with Crippen molar-refractivity contribution in [3.63, 3.8) is 0 Å². The van der Waals surface area contributed by atoms with Crippen LogP contribution >= 0.6 is 0 Å². The van der Waals surface area contributed by atoms with Crippen LogP contribution in [0.5, 0.6) is 0 Å². The summed E-state index contributed by atoms with van der Waals surface area (Å²) < 4.78 is 2.22. The fraction of sp³-hybridized carbons (Fsp3) is 0.258. The van der Waals surface area contributed by atoms with E-state index in [-0.39, 0.29) is 0 Å². The minimum Gasteiger partial charge on any atom is -0.354 e. The molecule has 0 aliphatic heterocycles. The standard InChI is InChI=1S/C31H33N5/c1-2-3-4-5-6-14-23-36-29-20-13-12-19-27(29)33-31(36)35-34-30-26-18-11-10-15-24(26)21-22-28(30)32-25-16-8-7-9-17-25/h7-13,15-22,32H,2-6,14,23H2,1H3. The monoisotopic (exact) mass is 475 g/mol. The van der Waals surface area contributed by atoms with Gasteiger partial charge < -0.3 is 9.88 Å². The summed E-state index contributed by atoms with van der Waals surface area (Å²) >= 11 is 0. The number of nitrogens with one attached hydrogen (secondary N) is 1. The molecule has 0 saturated heterocycles. The molecular weight excluding hydrogens is 442 g/mol. The van der Waals surface area contributed by atoms with Crippen LogP contribution < -0.4 is 5.32 Å². The lowest BCUT2D eigenvalue weighted by molar-refractivity contribution is 0.565. The van der Waals surface area contributed by atoms with E-state index < -0.39 is 0 Å². The van der Waals surface area contributed by atoms with Gasteiger partial charge in [0, 0.05) is 17.6 Å². The van der Waals surface area contributed by atoms with Crippen molar-refractivity contribution in [1.29, 1.82) is 0 Å². The highest BCUT2D eigenvalue weighted by Crippen LogP contribution is 2.37. The SMILES string of the molecule is CCCCCCCCn1c(N=Nc2c(Nc3ccccc3)ccc3ccccc23)nc2ccccc21. The molecule has 5 heteroatoms. The maximum Gasteiger partial charge on any atom is 0.250 e. The van der Waals surface area contributed by atoms with Crippen LogP contribution in [0.1, 0.15) is 45.4 Å². The molecular formula is C31H33N5. The summed E-state index contributed by atoms with van der Waals surface area (Å²) in [7, 11) is 0. The van der Waals surface area contributed by atoms with Gasteiger partial charge in [0.1, 0.15) is 5.69 Å². The number of hydrogen-bond donors (Lipinski definition) is 1. The number of benzene rings is 4. The third kappa shape index (κ3) is 5.46. The topological polar surface area (TPSA) is 54.6 Å². The summed E-state index contributed by atoms with van der Waals surface area (Å²) in [6.45, 7) is 3.15. The molecule has 0 fully saturated rings. The van der Waals surface area contributed by atoms with Crippen molar-refractivity contribution in [2.24, 2.45) is 10.2 Å². The number of unbranched alkanes of at least 4 members (excludes halogenated alkanes) is 5. The Morgan fingerprint density at radius 1 is 0.722 bits per heavy atom. The third-order valence-electron chi connectivity index (χ3n) is 6.56. The second kappa shape index (κ2) is 11.6. The Balaban J connectivity index is 1.48. The maximum atomic E-state index is 4.83. The molecule has 1 heterocycles. The Morgan fingerprint density at radius 2 is 1.47 bits per heavy atom. The smallest absolute Gasteiger partial charge is 0.250 e. The molecule has 0 atom stereocenters. The van der Waals surface area contributed by atoms with E-state index >= 15 is 0 Å². The van der Waals surface area contributed by atoms with Gasteiger partial charge in [-0.3, -0.25) is 0 Å². The normalized spacial score (nSPS) is 11.6. The zero-order valence-electron chi connectivity index (χ0n) is 20.9. The first kappa shape index (κ1) is 23.7. The first-order valence-corrected chi connectivity index (χ1v) is 13.0. The van der Waals surface area contributed by atoms with Gasteiger partial charge in [-0.25, -0.2) is 4.98 Å². The molecule has 5 nitrogen and oxygen atoms in total. The van der Waals surface area contributed by atoms with E-state index in [1.807, 2.05) is 42.5 Å². The van der Waals surface area contributed by atoms with Gasteiger partial charge in [-0.1, -0.05) is 99.7 Å². The van der Waals surface area contributed by atoms with E-state index in [1.165, 1.54) is 32.1 Å². The van der Waals surface area contributed by atoms with Crippen LogP contribution in [0.2, 0.25) is 0 Å². The molecule has 182 valence electrons. The molecule has 0 spiro atoms. The molecule has 0 amide bonds. The van der Waals surface area contributed by atoms with Crippen molar-refractivity contribution >= 4 is 44.8 Å². The Kier molecular flexibility index (Phi) is 7.67. The van der Waals surface area contributed by atoms with Crippen molar-refractivity contribution in [3.05, 3.63) is 91.0 Å². The minimum absolute atomic E-state index is 0.656. The van der Waals surface area contributed by atoms with E-state index in [0.29, 0.717) is 5.95 Å². The molecule has 0 radical (unpaired) electrons. The molecule has 4 aromatic carbocycles. The number of aromatic nitrogens is 2. The van der Waals surface area contributed by atoms with Crippen molar-refractivity contribution < 1.29 is 0 Å². The summed E-state index contributed by atoms with van der Waals surface area (Å²) in [6, 6.07) is 30.9. The minimum atomic E-state index is 0.656. The molecule has 1 aromatic heterocycles. The Labute approximate surface area is 212 Å². The molecule has 0 aliphatic rings. The average molecular weight is 476 g/mol. The van der Waals surface area contributed by atoms with Crippen LogP contribution in [0.3, 0.4) is 0 Å². The van der Waals surface area contributed by atoms with Gasteiger partial charge in [0.25, 0.3) is 0 Å². The van der Waals surface area contributed by atoms with E-state index in [1.54, 1.807) is 0 Å². The van der Waals surface area contributed by atoms with Gasteiger partial charge in [0.05, 0.1) is 16.7 Å². The summed E-state index contributed by atoms with van der Waals surface area (Å²) in [5.41, 5.74) is 4.82. The van der Waals surface area contributed by atoms with Crippen molar-refractivity contribution in [3.8, 4) is 0 Å². The Hall–Kier alpha value is -3.99. The lowest BCUT2D eigenvalue weighted by atomic mass is 10.1. The van der Waals surface area contributed by atoms with Crippen LogP contribution in [0.4, 0.5) is 23.0 Å². The van der Waals surface area contributed by atoms with Crippen LogP contribution in [0.15, 0.2) is 101 Å². The number of para-hydroxylation sites is 3. The van der Waals surface area contributed by atoms with E-state index in [0.717, 1.165) is 51.8 Å². The Bertz CT molecular complexity index is 1450. The van der Waals surface area contributed by atoms with Crippen molar-refractivity contribution in [1.82, 2.24) is 9.55 Å². The number of hydrogen-bond acceptors (Lipinski definition) is 4. The van der Waals surface area contributed by atoms with Crippen LogP contribution in [-0.4, -0.2) is 9.55 Å². The van der Waals surface area contributed by atoms with Crippen molar-refractivity contribution in [2.45, 2.75) is 52.0 Å². The molecule has 5 rings (SSSR count). The molecule has 0 saturated carbocycles. The van der Waals surface area contributed by atoms with Gasteiger partial charge >= 0.3 is 0 Å². The first-order valence-electron chi connectivity index (χ1n) is 13.0. The third-order valence-corrected chi connectivity index (χ3v) is 6.56. The zero-order valence-corrected chi connectivity index (χ0v) is 20.9. The Morgan fingerprint density at radius 3 is 2.36 bits per heavy atom. The lowest BCUT2D eigenvalue weighted by Crippen LogP contribution is -1.97. The highest BCUT2D eigenvalue weighted by Gasteiger charge is 2.12. The molecule has 0 aliphatic carbocycles. The summed E-state index contributed by atoms with van der Waals surface area (Å²) in [6.07, 6.45) is 7.51. The average Bonchev–Trinajstić information content (AvgIpc) is 3.28. The predicted molar refractivity (Wildman–Crippen MR) is 151 cm³/mol. The largest absolute Gasteiger partial charge is 0.354 e. The fourth-order valence-electron chi connectivity index (χ4n) is 4.65. The molecule has 36 heavy (non-hydrogen) atoms. The number of nitrogens with zero attached hydrogens (tertiary/aromatic N) is 4. The quantitative estimate of drug-likeness (QED) is 0.153. The highest BCUT2D eigenvalue weighted by atomic mass is 15.3. The lowest BCUT2D eigenvalue weighted by Gasteiger charge is -2.11. The van der Waals surface area contributed by atoms with Crippen LogP contribution in [-0.2, 0) is 6.54 Å². The summed E-state index contributed by atoms with van der Waals surface area (Å²) in [5.74, 6) is 0.656. The molecule has 1 N–H and O–H groups in total. The number of azo groups is 1. The van der Waals surface area contributed by atoms with Gasteiger partial charge in [-0.15, -0.1) is 10.2 Å².